The predicted octanol–water partition coefficient (Wildman–Crippen LogP) is 3.22. The molecule has 126 valence electrons. The van der Waals surface area contributed by atoms with Crippen LogP contribution in [-0.2, 0) is 13.1 Å². The maximum Gasteiger partial charge on any atom is 0.117 e. The number of hydrogen-bond donors (Lipinski definition) is 0. The number of rotatable bonds is 6. The van der Waals surface area contributed by atoms with Crippen molar-refractivity contribution in [3.8, 4) is 12.3 Å². The zero-order valence-electron chi connectivity index (χ0n) is 13.9. The van der Waals surface area contributed by atoms with E-state index in [1.54, 1.807) is 12.5 Å². The lowest BCUT2D eigenvalue weighted by Gasteiger charge is -2.49. The standard InChI is InChI=1S/C20H24N2O2/c1-2-16-12-22-8-7-17(16)11-18(22)13-21(14-19-5-3-9-23-19)15-20-6-4-10-24-20/h1,3-6,9-10,16-18H,7-8,11-15H2/t16-,17-,18+/m0/s1. The first-order valence-corrected chi connectivity index (χ1v) is 8.79. The van der Waals surface area contributed by atoms with E-state index in [2.05, 4.69) is 15.7 Å². The van der Waals surface area contributed by atoms with E-state index in [4.69, 9.17) is 15.3 Å². The van der Waals surface area contributed by atoms with Crippen molar-refractivity contribution in [2.75, 3.05) is 19.6 Å². The van der Waals surface area contributed by atoms with Gasteiger partial charge in [-0.3, -0.25) is 9.80 Å². The number of furan rings is 2. The number of terminal acetylenes is 1. The summed E-state index contributed by atoms with van der Waals surface area (Å²) in [7, 11) is 0. The summed E-state index contributed by atoms with van der Waals surface area (Å²) < 4.78 is 11.1. The Hall–Kier alpha value is -1.96. The molecule has 0 amide bonds. The van der Waals surface area contributed by atoms with Crippen LogP contribution in [0, 0.1) is 24.2 Å². The fourth-order valence-electron chi connectivity index (χ4n) is 4.25. The van der Waals surface area contributed by atoms with Crippen molar-refractivity contribution in [1.29, 1.82) is 0 Å². The molecule has 0 aliphatic carbocycles. The second-order valence-electron chi connectivity index (χ2n) is 7.03. The molecule has 24 heavy (non-hydrogen) atoms. The van der Waals surface area contributed by atoms with E-state index in [0.717, 1.165) is 37.7 Å². The highest BCUT2D eigenvalue weighted by atomic mass is 16.3. The summed E-state index contributed by atoms with van der Waals surface area (Å²) in [5.41, 5.74) is 0. The van der Waals surface area contributed by atoms with Crippen LogP contribution < -0.4 is 0 Å². The summed E-state index contributed by atoms with van der Waals surface area (Å²) in [6.07, 6.45) is 11.6. The van der Waals surface area contributed by atoms with E-state index >= 15 is 0 Å². The summed E-state index contributed by atoms with van der Waals surface area (Å²) in [5, 5.41) is 0. The van der Waals surface area contributed by atoms with Crippen LogP contribution >= 0.6 is 0 Å². The molecule has 3 aliphatic heterocycles. The largest absolute Gasteiger partial charge is 0.468 e. The van der Waals surface area contributed by atoms with Gasteiger partial charge in [-0.25, -0.2) is 0 Å². The first-order chi connectivity index (χ1) is 11.8. The Morgan fingerprint density at radius 3 is 2.38 bits per heavy atom. The number of fused-ring (bicyclic) bond motifs is 3. The molecule has 0 aromatic carbocycles. The van der Waals surface area contributed by atoms with Gasteiger partial charge < -0.3 is 8.83 Å². The van der Waals surface area contributed by atoms with Crippen LogP contribution in [0.3, 0.4) is 0 Å². The second-order valence-corrected chi connectivity index (χ2v) is 7.03. The molecule has 4 atom stereocenters. The van der Waals surface area contributed by atoms with E-state index in [1.807, 2.05) is 24.3 Å². The molecule has 4 heteroatoms. The van der Waals surface area contributed by atoms with Crippen LogP contribution in [0.1, 0.15) is 24.4 Å². The van der Waals surface area contributed by atoms with Crippen molar-refractivity contribution in [1.82, 2.24) is 9.80 Å². The Kier molecular flexibility index (Phi) is 4.46. The zero-order chi connectivity index (χ0) is 16.4. The third-order valence-electron chi connectivity index (χ3n) is 5.48. The molecule has 0 spiro atoms. The highest BCUT2D eigenvalue weighted by Crippen LogP contribution is 2.36. The van der Waals surface area contributed by atoms with Crippen LogP contribution in [0.15, 0.2) is 45.6 Å². The third-order valence-corrected chi connectivity index (χ3v) is 5.48. The fraction of sp³-hybridized carbons (Fsp3) is 0.500. The Labute approximate surface area is 143 Å². The maximum absolute atomic E-state index is 5.71. The number of piperidine rings is 3. The summed E-state index contributed by atoms with van der Waals surface area (Å²) in [4.78, 5) is 5.01. The topological polar surface area (TPSA) is 32.8 Å². The molecular weight excluding hydrogens is 300 g/mol. The van der Waals surface area contributed by atoms with Gasteiger partial charge in [0.05, 0.1) is 25.6 Å². The normalized spacial score (nSPS) is 29.0. The van der Waals surface area contributed by atoms with Crippen LogP contribution in [-0.4, -0.2) is 35.5 Å². The van der Waals surface area contributed by atoms with Gasteiger partial charge >= 0.3 is 0 Å². The van der Waals surface area contributed by atoms with Crippen LogP contribution in [0.25, 0.3) is 0 Å². The lowest BCUT2D eigenvalue weighted by Crippen LogP contribution is -2.56. The summed E-state index contributed by atoms with van der Waals surface area (Å²) in [5.74, 6) is 6.13. The van der Waals surface area contributed by atoms with E-state index < -0.39 is 0 Å². The van der Waals surface area contributed by atoms with Gasteiger partial charge in [0, 0.05) is 25.0 Å². The molecule has 3 saturated heterocycles. The lowest BCUT2D eigenvalue weighted by molar-refractivity contribution is 0.00105. The SMILES string of the molecule is C#C[C@H]1CN2CC[C@H]1C[C@@H]2CN(Cc1ccco1)Cc1ccco1. The second kappa shape index (κ2) is 6.88. The monoisotopic (exact) mass is 324 g/mol. The molecule has 0 saturated carbocycles. The van der Waals surface area contributed by atoms with E-state index in [1.165, 1.54) is 19.4 Å². The molecule has 2 aromatic rings. The minimum atomic E-state index is 0.443. The summed E-state index contributed by atoms with van der Waals surface area (Å²) in [6.45, 7) is 4.88. The van der Waals surface area contributed by atoms with E-state index in [9.17, 15) is 0 Å². The van der Waals surface area contributed by atoms with Gasteiger partial charge in [-0.05, 0) is 49.6 Å². The van der Waals surface area contributed by atoms with Crippen molar-refractivity contribution >= 4 is 0 Å². The van der Waals surface area contributed by atoms with Gasteiger partial charge in [-0.2, -0.15) is 0 Å². The van der Waals surface area contributed by atoms with Crippen molar-refractivity contribution in [2.24, 2.45) is 11.8 Å². The van der Waals surface area contributed by atoms with Crippen LogP contribution in [0.2, 0.25) is 0 Å². The molecule has 0 radical (unpaired) electrons. The molecule has 5 heterocycles. The van der Waals surface area contributed by atoms with Crippen LogP contribution in [0.4, 0.5) is 0 Å². The molecule has 2 bridgehead atoms. The van der Waals surface area contributed by atoms with Crippen molar-refractivity contribution in [3.63, 3.8) is 0 Å². The van der Waals surface area contributed by atoms with Crippen molar-refractivity contribution in [3.05, 3.63) is 48.3 Å². The fourth-order valence-corrected chi connectivity index (χ4v) is 4.25. The predicted molar refractivity (Wildman–Crippen MR) is 91.9 cm³/mol. The smallest absolute Gasteiger partial charge is 0.117 e. The summed E-state index contributed by atoms with van der Waals surface area (Å²) in [6, 6.07) is 8.56. The minimum Gasteiger partial charge on any atom is -0.468 e. The quantitative estimate of drug-likeness (QED) is 0.764. The maximum atomic E-state index is 5.71. The van der Waals surface area contributed by atoms with Gasteiger partial charge in [0.2, 0.25) is 0 Å². The molecule has 1 unspecified atom stereocenters. The van der Waals surface area contributed by atoms with Crippen molar-refractivity contribution < 1.29 is 8.83 Å². The van der Waals surface area contributed by atoms with Gasteiger partial charge in [-0.1, -0.05) is 0 Å². The molecule has 3 fully saturated rings. The third kappa shape index (κ3) is 3.28. The number of nitrogens with zero attached hydrogens (tertiary/aromatic N) is 2. The molecular formula is C20H24N2O2. The Morgan fingerprint density at radius 2 is 1.88 bits per heavy atom. The lowest BCUT2D eigenvalue weighted by atomic mass is 9.76. The highest BCUT2D eigenvalue weighted by Gasteiger charge is 2.39. The minimum absolute atomic E-state index is 0.443. The Balaban J connectivity index is 1.44. The molecule has 4 nitrogen and oxygen atoms in total. The zero-order valence-corrected chi connectivity index (χ0v) is 13.9. The summed E-state index contributed by atoms with van der Waals surface area (Å²) >= 11 is 0. The van der Waals surface area contributed by atoms with E-state index in [0.29, 0.717) is 17.9 Å². The highest BCUT2D eigenvalue weighted by molar-refractivity contribution is 5.06. The average molecular weight is 324 g/mol. The van der Waals surface area contributed by atoms with E-state index in [-0.39, 0.29) is 0 Å². The van der Waals surface area contributed by atoms with Gasteiger partial charge in [0.1, 0.15) is 11.5 Å². The first-order valence-electron chi connectivity index (χ1n) is 8.79. The van der Waals surface area contributed by atoms with Gasteiger partial charge in [-0.15, -0.1) is 12.3 Å². The molecule has 0 N–H and O–H groups in total. The van der Waals surface area contributed by atoms with Crippen LogP contribution in [0.5, 0.6) is 0 Å². The van der Waals surface area contributed by atoms with Gasteiger partial charge in [0.25, 0.3) is 0 Å². The average Bonchev–Trinajstić information content (AvgIpc) is 3.29. The molecule has 3 aliphatic rings. The van der Waals surface area contributed by atoms with Crippen molar-refractivity contribution in [2.45, 2.75) is 32.0 Å². The Morgan fingerprint density at radius 1 is 1.17 bits per heavy atom. The number of hydrogen-bond acceptors (Lipinski definition) is 4. The first kappa shape index (κ1) is 15.6. The molecule has 2 aromatic heterocycles. The molecule has 5 rings (SSSR count). The van der Waals surface area contributed by atoms with Gasteiger partial charge in [0.15, 0.2) is 0 Å². The Bertz CT molecular complexity index is 635.